The van der Waals surface area contributed by atoms with E-state index in [0.717, 1.165) is 73.9 Å². The van der Waals surface area contributed by atoms with Crippen molar-refractivity contribution in [2.75, 3.05) is 44.6 Å². The lowest BCUT2D eigenvalue weighted by atomic mass is 9.86. The molecule has 0 saturated carbocycles. The normalized spacial score (nSPS) is 18.7. The van der Waals surface area contributed by atoms with Crippen LogP contribution in [0.1, 0.15) is 31.5 Å². The SMILES string of the molecule is CC1(C)C(=O)Nc2cc(OCCN3CCCN(Cc4ccc5ccccc5n4)CC3)ccc21. The van der Waals surface area contributed by atoms with Gasteiger partial charge in [-0.25, -0.2) is 0 Å². The fourth-order valence-electron chi connectivity index (χ4n) is 4.79. The molecule has 0 atom stereocenters. The van der Waals surface area contributed by atoms with Gasteiger partial charge in [-0.3, -0.25) is 19.6 Å². The molecule has 2 aromatic carbocycles. The predicted molar refractivity (Wildman–Crippen MR) is 132 cm³/mol. The fourth-order valence-corrected chi connectivity index (χ4v) is 4.79. The molecule has 6 nitrogen and oxygen atoms in total. The number of carbonyl (C=O) groups excluding carboxylic acids is 1. The van der Waals surface area contributed by atoms with E-state index in [4.69, 9.17) is 9.72 Å². The van der Waals surface area contributed by atoms with Crippen molar-refractivity contribution in [1.29, 1.82) is 0 Å². The number of benzene rings is 2. The first-order valence-electron chi connectivity index (χ1n) is 11.9. The minimum atomic E-state index is -0.478. The molecule has 0 spiro atoms. The van der Waals surface area contributed by atoms with Crippen LogP contribution in [0.5, 0.6) is 5.75 Å². The van der Waals surface area contributed by atoms with E-state index in [1.54, 1.807) is 0 Å². The second-order valence-corrected chi connectivity index (χ2v) is 9.60. The average Bonchev–Trinajstić information content (AvgIpc) is 2.94. The van der Waals surface area contributed by atoms with E-state index in [-0.39, 0.29) is 5.91 Å². The Morgan fingerprint density at radius 2 is 1.82 bits per heavy atom. The van der Waals surface area contributed by atoms with Gasteiger partial charge in [-0.05, 0) is 57.1 Å². The molecule has 172 valence electrons. The minimum absolute atomic E-state index is 0.0441. The van der Waals surface area contributed by atoms with Gasteiger partial charge < -0.3 is 10.1 Å². The highest BCUT2D eigenvalue weighted by molar-refractivity contribution is 6.05. The number of hydrogen-bond donors (Lipinski definition) is 1. The van der Waals surface area contributed by atoms with E-state index >= 15 is 0 Å². The second-order valence-electron chi connectivity index (χ2n) is 9.60. The standard InChI is InChI=1S/C27H32N4O2/c1-27(2)23-11-10-22(18-25(23)29-26(27)32)33-17-16-30-12-5-13-31(15-14-30)19-21-9-8-20-6-3-4-7-24(20)28-21/h3-4,6-11,18H,5,12-17,19H2,1-2H3,(H,29,32). The van der Waals surface area contributed by atoms with Crippen molar-refractivity contribution in [1.82, 2.24) is 14.8 Å². The molecular weight excluding hydrogens is 412 g/mol. The van der Waals surface area contributed by atoms with E-state index < -0.39 is 5.41 Å². The zero-order chi connectivity index (χ0) is 22.8. The minimum Gasteiger partial charge on any atom is -0.492 e. The fraction of sp³-hybridized carbons (Fsp3) is 0.407. The number of anilines is 1. The summed E-state index contributed by atoms with van der Waals surface area (Å²) in [6, 6.07) is 18.5. The second kappa shape index (κ2) is 9.12. The average molecular weight is 445 g/mol. The smallest absolute Gasteiger partial charge is 0.234 e. The van der Waals surface area contributed by atoms with Crippen LogP contribution in [-0.2, 0) is 16.8 Å². The molecule has 0 radical (unpaired) electrons. The summed E-state index contributed by atoms with van der Waals surface area (Å²) in [5.41, 5.74) is 3.63. The number of aromatic nitrogens is 1. The summed E-state index contributed by atoms with van der Waals surface area (Å²) in [5.74, 6) is 0.855. The number of nitrogens with zero attached hydrogens (tertiary/aromatic N) is 3. The summed E-state index contributed by atoms with van der Waals surface area (Å²) >= 11 is 0. The molecule has 1 aromatic heterocycles. The van der Waals surface area contributed by atoms with Gasteiger partial charge in [-0.1, -0.05) is 30.3 Å². The maximum atomic E-state index is 12.2. The molecule has 0 unspecified atom stereocenters. The van der Waals surface area contributed by atoms with Crippen molar-refractivity contribution in [2.24, 2.45) is 0 Å². The molecule has 1 N–H and O–H groups in total. The van der Waals surface area contributed by atoms with E-state index in [9.17, 15) is 4.79 Å². The first-order valence-corrected chi connectivity index (χ1v) is 11.9. The van der Waals surface area contributed by atoms with Crippen LogP contribution in [0.3, 0.4) is 0 Å². The third-order valence-electron chi connectivity index (χ3n) is 6.88. The van der Waals surface area contributed by atoms with Crippen LogP contribution in [0, 0.1) is 0 Å². The van der Waals surface area contributed by atoms with Crippen molar-refractivity contribution in [3.63, 3.8) is 0 Å². The molecule has 5 rings (SSSR count). The summed E-state index contributed by atoms with van der Waals surface area (Å²) in [7, 11) is 0. The van der Waals surface area contributed by atoms with Crippen LogP contribution in [0.2, 0.25) is 0 Å². The number of pyridine rings is 1. The number of amides is 1. The van der Waals surface area contributed by atoms with Gasteiger partial charge in [-0.2, -0.15) is 0 Å². The quantitative estimate of drug-likeness (QED) is 0.622. The Labute approximate surface area is 195 Å². The summed E-state index contributed by atoms with van der Waals surface area (Å²) in [4.78, 5) is 22.0. The summed E-state index contributed by atoms with van der Waals surface area (Å²) in [5, 5.41) is 4.16. The Hall–Kier alpha value is -2.96. The number of fused-ring (bicyclic) bond motifs is 2. The van der Waals surface area contributed by atoms with E-state index in [0.29, 0.717) is 6.61 Å². The zero-order valence-corrected chi connectivity index (χ0v) is 19.5. The van der Waals surface area contributed by atoms with Crippen molar-refractivity contribution in [3.8, 4) is 5.75 Å². The monoisotopic (exact) mass is 444 g/mol. The Morgan fingerprint density at radius 3 is 2.73 bits per heavy atom. The first-order chi connectivity index (χ1) is 16.0. The van der Waals surface area contributed by atoms with Crippen LogP contribution in [0.25, 0.3) is 10.9 Å². The summed E-state index contributed by atoms with van der Waals surface area (Å²) in [6.07, 6.45) is 1.15. The number of hydrogen-bond acceptors (Lipinski definition) is 5. The van der Waals surface area contributed by atoms with Gasteiger partial charge >= 0.3 is 0 Å². The van der Waals surface area contributed by atoms with Crippen LogP contribution in [0.4, 0.5) is 5.69 Å². The summed E-state index contributed by atoms with van der Waals surface area (Å²) in [6.45, 7) is 10.6. The van der Waals surface area contributed by atoms with Gasteiger partial charge in [0.15, 0.2) is 0 Å². The Balaban J connectivity index is 1.11. The van der Waals surface area contributed by atoms with Crippen molar-refractivity contribution < 1.29 is 9.53 Å². The highest BCUT2D eigenvalue weighted by atomic mass is 16.5. The number of nitrogens with one attached hydrogen (secondary N) is 1. The highest BCUT2D eigenvalue weighted by Crippen LogP contribution is 2.39. The molecule has 1 amide bonds. The maximum Gasteiger partial charge on any atom is 0.234 e. The molecule has 1 saturated heterocycles. The highest BCUT2D eigenvalue weighted by Gasteiger charge is 2.38. The van der Waals surface area contributed by atoms with Crippen molar-refractivity contribution in [2.45, 2.75) is 32.2 Å². The van der Waals surface area contributed by atoms with Gasteiger partial charge in [0.05, 0.1) is 16.6 Å². The lowest BCUT2D eigenvalue weighted by molar-refractivity contribution is -0.119. The molecular formula is C27H32N4O2. The third-order valence-corrected chi connectivity index (χ3v) is 6.88. The Kier molecular flexibility index (Phi) is 6.04. The lowest BCUT2D eigenvalue weighted by Crippen LogP contribution is -2.33. The topological polar surface area (TPSA) is 57.7 Å². The molecule has 3 heterocycles. The van der Waals surface area contributed by atoms with E-state index in [1.807, 2.05) is 38.1 Å². The zero-order valence-electron chi connectivity index (χ0n) is 19.5. The van der Waals surface area contributed by atoms with Crippen molar-refractivity contribution >= 4 is 22.5 Å². The largest absolute Gasteiger partial charge is 0.492 e. The molecule has 2 aliphatic rings. The Morgan fingerprint density at radius 1 is 1.00 bits per heavy atom. The molecule has 0 bridgehead atoms. The van der Waals surface area contributed by atoms with Gasteiger partial charge in [0.25, 0.3) is 0 Å². The van der Waals surface area contributed by atoms with E-state index in [1.165, 1.54) is 5.39 Å². The lowest BCUT2D eigenvalue weighted by Gasteiger charge is -2.22. The molecule has 3 aromatic rings. The van der Waals surface area contributed by atoms with Gasteiger partial charge in [0.1, 0.15) is 12.4 Å². The molecule has 33 heavy (non-hydrogen) atoms. The maximum absolute atomic E-state index is 12.2. The van der Waals surface area contributed by atoms with Gasteiger partial charge in [0, 0.05) is 43.3 Å². The molecule has 6 heteroatoms. The van der Waals surface area contributed by atoms with Gasteiger partial charge in [-0.15, -0.1) is 0 Å². The molecule has 2 aliphatic heterocycles. The number of ether oxygens (including phenoxy) is 1. The number of carbonyl (C=O) groups is 1. The summed E-state index contributed by atoms with van der Waals surface area (Å²) < 4.78 is 6.03. The Bertz CT molecular complexity index is 1160. The van der Waals surface area contributed by atoms with Gasteiger partial charge in [0.2, 0.25) is 5.91 Å². The predicted octanol–water partition coefficient (Wildman–Crippen LogP) is 4.05. The van der Waals surface area contributed by atoms with E-state index in [2.05, 4.69) is 45.4 Å². The van der Waals surface area contributed by atoms with Crippen LogP contribution >= 0.6 is 0 Å². The van der Waals surface area contributed by atoms with Crippen LogP contribution < -0.4 is 10.1 Å². The first kappa shape index (κ1) is 21.9. The van der Waals surface area contributed by atoms with Crippen LogP contribution in [0.15, 0.2) is 54.6 Å². The number of para-hydroxylation sites is 1. The molecule has 0 aliphatic carbocycles. The van der Waals surface area contributed by atoms with Crippen molar-refractivity contribution in [3.05, 3.63) is 65.9 Å². The third kappa shape index (κ3) is 4.72. The number of rotatable bonds is 6. The van der Waals surface area contributed by atoms with Crippen LogP contribution in [-0.4, -0.2) is 60.0 Å². The molecule has 1 fully saturated rings.